The van der Waals surface area contributed by atoms with E-state index in [4.69, 9.17) is 0 Å². The van der Waals surface area contributed by atoms with Crippen molar-refractivity contribution < 1.29 is 9.59 Å². The Labute approximate surface area is 148 Å². The summed E-state index contributed by atoms with van der Waals surface area (Å²) in [6.45, 7) is 2.09. The molecule has 1 aromatic carbocycles. The highest BCUT2D eigenvalue weighted by Crippen LogP contribution is 2.45. The minimum Gasteiger partial charge on any atom is -0.354 e. The lowest BCUT2D eigenvalue weighted by Gasteiger charge is -2.28. The third-order valence-electron chi connectivity index (χ3n) is 4.28. The molecule has 2 N–H and O–H groups in total. The first-order valence-corrected chi connectivity index (χ1v) is 8.79. The maximum absolute atomic E-state index is 12.8. The van der Waals surface area contributed by atoms with Crippen LogP contribution in [0.15, 0.2) is 36.5 Å². The Balaban J connectivity index is 1.92. The molecule has 0 aliphatic carbocycles. The summed E-state index contributed by atoms with van der Waals surface area (Å²) in [5, 5.41) is 6.27. The van der Waals surface area contributed by atoms with Crippen LogP contribution in [-0.4, -0.2) is 24.0 Å². The van der Waals surface area contributed by atoms with Crippen molar-refractivity contribution in [1.82, 2.24) is 10.3 Å². The Bertz CT molecular complexity index is 994. The van der Waals surface area contributed by atoms with Crippen molar-refractivity contribution in [3.63, 3.8) is 0 Å². The van der Waals surface area contributed by atoms with E-state index in [2.05, 4.69) is 22.5 Å². The van der Waals surface area contributed by atoms with Gasteiger partial charge in [0.05, 0.1) is 22.4 Å². The molecular weight excluding hydrogens is 336 g/mol. The SMILES string of the molecule is CCc1ccc(N2C(=O)Nc3c(C(=O)NC)sc4nccc2c34)cc1. The second-order valence-electron chi connectivity index (χ2n) is 5.68. The minimum atomic E-state index is -0.284. The van der Waals surface area contributed by atoms with Gasteiger partial charge >= 0.3 is 6.03 Å². The highest BCUT2D eigenvalue weighted by molar-refractivity contribution is 7.21. The summed E-state index contributed by atoms with van der Waals surface area (Å²) in [4.78, 5) is 32.1. The summed E-state index contributed by atoms with van der Waals surface area (Å²) in [5.74, 6) is -0.231. The van der Waals surface area contributed by atoms with Crippen LogP contribution in [0.4, 0.5) is 21.9 Å². The van der Waals surface area contributed by atoms with E-state index in [0.29, 0.717) is 10.6 Å². The number of carbonyl (C=O) groups excluding carboxylic acids is 2. The van der Waals surface area contributed by atoms with Crippen LogP contribution in [-0.2, 0) is 6.42 Å². The summed E-state index contributed by atoms with van der Waals surface area (Å²) in [6.07, 6.45) is 2.60. The van der Waals surface area contributed by atoms with Crippen LogP contribution in [0.2, 0.25) is 0 Å². The predicted octanol–water partition coefficient (Wildman–Crippen LogP) is 3.90. The second kappa shape index (κ2) is 5.86. The van der Waals surface area contributed by atoms with Gasteiger partial charge in [0, 0.05) is 13.2 Å². The molecule has 0 saturated heterocycles. The first kappa shape index (κ1) is 15.6. The Morgan fingerprint density at radius 1 is 1.28 bits per heavy atom. The average Bonchev–Trinajstić information content (AvgIpc) is 3.01. The molecule has 25 heavy (non-hydrogen) atoms. The number of hydrogen-bond acceptors (Lipinski definition) is 4. The molecule has 4 rings (SSSR count). The van der Waals surface area contributed by atoms with Gasteiger partial charge in [0.15, 0.2) is 0 Å². The molecule has 1 aliphatic rings. The molecule has 7 heteroatoms. The molecule has 0 radical (unpaired) electrons. The standard InChI is InChI=1S/C18H16N4O2S/c1-3-10-4-6-11(7-5-10)22-12-8-9-20-17-13(12)14(21-18(22)24)15(25-17)16(23)19-2/h4-9H,3H2,1-2H3,(H,19,23)(H,21,24). The molecule has 6 nitrogen and oxygen atoms in total. The van der Waals surface area contributed by atoms with E-state index in [1.54, 1.807) is 24.2 Å². The topological polar surface area (TPSA) is 74.3 Å². The Kier molecular flexibility index (Phi) is 3.65. The summed E-state index contributed by atoms with van der Waals surface area (Å²) in [5.41, 5.74) is 3.26. The van der Waals surface area contributed by atoms with Crippen LogP contribution in [0.3, 0.4) is 0 Å². The van der Waals surface area contributed by atoms with Gasteiger partial charge in [-0.25, -0.2) is 9.78 Å². The number of pyridine rings is 1. The quantitative estimate of drug-likeness (QED) is 0.751. The predicted molar refractivity (Wildman–Crippen MR) is 100.0 cm³/mol. The van der Waals surface area contributed by atoms with Crippen molar-refractivity contribution in [2.24, 2.45) is 0 Å². The number of aryl methyl sites for hydroxylation is 1. The number of aromatic nitrogens is 1. The number of benzene rings is 1. The molecule has 126 valence electrons. The van der Waals surface area contributed by atoms with Gasteiger partial charge in [-0.2, -0.15) is 0 Å². The van der Waals surface area contributed by atoms with Crippen molar-refractivity contribution >= 4 is 50.6 Å². The van der Waals surface area contributed by atoms with Gasteiger partial charge in [-0.05, 0) is 30.2 Å². The number of carbonyl (C=O) groups is 2. The fraction of sp³-hybridized carbons (Fsp3) is 0.167. The van der Waals surface area contributed by atoms with E-state index >= 15 is 0 Å². The lowest BCUT2D eigenvalue weighted by molar-refractivity contribution is 0.0968. The third kappa shape index (κ3) is 2.35. The second-order valence-corrected chi connectivity index (χ2v) is 6.68. The highest BCUT2D eigenvalue weighted by Gasteiger charge is 2.32. The van der Waals surface area contributed by atoms with Crippen LogP contribution < -0.4 is 15.5 Å². The molecule has 1 aliphatic heterocycles. The zero-order valence-electron chi connectivity index (χ0n) is 13.8. The van der Waals surface area contributed by atoms with E-state index in [0.717, 1.165) is 28.0 Å². The third-order valence-corrected chi connectivity index (χ3v) is 5.38. The monoisotopic (exact) mass is 352 g/mol. The number of hydrogen-bond donors (Lipinski definition) is 2. The molecule has 3 amide bonds. The molecule has 2 aromatic heterocycles. The Hall–Kier alpha value is -2.93. The van der Waals surface area contributed by atoms with Crippen molar-refractivity contribution in [2.45, 2.75) is 13.3 Å². The Morgan fingerprint density at radius 3 is 2.72 bits per heavy atom. The van der Waals surface area contributed by atoms with Crippen molar-refractivity contribution in [3.8, 4) is 0 Å². The van der Waals surface area contributed by atoms with Gasteiger partial charge in [0.2, 0.25) is 0 Å². The van der Waals surface area contributed by atoms with E-state index < -0.39 is 0 Å². The minimum absolute atomic E-state index is 0.231. The van der Waals surface area contributed by atoms with Crippen molar-refractivity contribution in [1.29, 1.82) is 0 Å². The van der Waals surface area contributed by atoms with Crippen LogP contribution in [0.25, 0.3) is 10.2 Å². The summed E-state index contributed by atoms with van der Waals surface area (Å²) < 4.78 is 0. The zero-order valence-corrected chi connectivity index (χ0v) is 14.6. The van der Waals surface area contributed by atoms with Crippen molar-refractivity contribution in [3.05, 3.63) is 47.0 Å². The number of nitrogens with zero attached hydrogens (tertiary/aromatic N) is 2. The lowest BCUT2D eigenvalue weighted by atomic mass is 10.1. The molecule has 0 fully saturated rings. The van der Waals surface area contributed by atoms with E-state index in [1.165, 1.54) is 16.9 Å². The van der Waals surface area contributed by atoms with Crippen LogP contribution in [0.1, 0.15) is 22.2 Å². The number of thiophene rings is 1. The maximum atomic E-state index is 12.8. The first-order valence-electron chi connectivity index (χ1n) is 7.97. The Morgan fingerprint density at radius 2 is 2.04 bits per heavy atom. The van der Waals surface area contributed by atoms with Crippen molar-refractivity contribution in [2.75, 3.05) is 17.3 Å². The molecule has 0 unspecified atom stereocenters. The molecule has 0 atom stereocenters. The molecule has 0 spiro atoms. The smallest absolute Gasteiger partial charge is 0.331 e. The number of anilines is 3. The molecule has 3 heterocycles. The summed E-state index contributed by atoms with van der Waals surface area (Å²) in [7, 11) is 1.57. The number of rotatable bonds is 3. The van der Waals surface area contributed by atoms with E-state index in [-0.39, 0.29) is 11.9 Å². The van der Waals surface area contributed by atoms with Crippen LogP contribution in [0, 0.1) is 0 Å². The van der Waals surface area contributed by atoms with Gasteiger partial charge in [-0.15, -0.1) is 11.3 Å². The van der Waals surface area contributed by atoms with Gasteiger partial charge in [-0.3, -0.25) is 9.69 Å². The van der Waals surface area contributed by atoms with Gasteiger partial charge in [0.25, 0.3) is 5.91 Å². The number of urea groups is 1. The van der Waals surface area contributed by atoms with Crippen LogP contribution in [0.5, 0.6) is 0 Å². The highest BCUT2D eigenvalue weighted by atomic mass is 32.1. The molecule has 3 aromatic rings. The van der Waals surface area contributed by atoms with Gasteiger partial charge in [-0.1, -0.05) is 19.1 Å². The fourth-order valence-electron chi connectivity index (χ4n) is 2.99. The van der Waals surface area contributed by atoms with Gasteiger partial charge in [0.1, 0.15) is 9.71 Å². The molecular formula is C18H16N4O2S. The number of amides is 3. The fourth-order valence-corrected chi connectivity index (χ4v) is 4.06. The van der Waals surface area contributed by atoms with Crippen LogP contribution >= 0.6 is 11.3 Å². The summed E-state index contributed by atoms with van der Waals surface area (Å²) >= 11 is 1.28. The average molecular weight is 352 g/mol. The molecule has 0 bridgehead atoms. The van der Waals surface area contributed by atoms with E-state index in [9.17, 15) is 9.59 Å². The largest absolute Gasteiger partial charge is 0.354 e. The number of nitrogens with one attached hydrogen (secondary N) is 2. The normalized spacial score (nSPS) is 13.0. The lowest BCUT2D eigenvalue weighted by Crippen LogP contribution is -2.34. The summed E-state index contributed by atoms with van der Waals surface area (Å²) in [6, 6.07) is 9.41. The maximum Gasteiger partial charge on any atom is 0.331 e. The van der Waals surface area contributed by atoms with Gasteiger partial charge < -0.3 is 10.6 Å². The molecule has 0 saturated carbocycles. The first-order chi connectivity index (χ1) is 12.1. The zero-order chi connectivity index (χ0) is 17.6. The van der Waals surface area contributed by atoms with E-state index in [1.807, 2.05) is 24.3 Å².